The molecule has 3 aromatic carbocycles. The van der Waals surface area contributed by atoms with Gasteiger partial charge in [-0.05, 0) is 42.8 Å². The van der Waals surface area contributed by atoms with Crippen LogP contribution in [0.5, 0.6) is 0 Å². The maximum absolute atomic E-state index is 12.9. The summed E-state index contributed by atoms with van der Waals surface area (Å²) in [6.07, 6.45) is 2.34. The van der Waals surface area contributed by atoms with Gasteiger partial charge in [0.15, 0.2) is 0 Å². The smallest absolute Gasteiger partial charge is 0.255 e. The lowest BCUT2D eigenvalue weighted by Gasteiger charge is -2.23. The lowest BCUT2D eigenvalue weighted by Crippen LogP contribution is -2.38. The molecule has 0 aliphatic heterocycles. The van der Waals surface area contributed by atoms with Gasteiger partial charge in [-0.15, -0.1) is 0 Å². The summed E-state index contributed by atoms with van der Waals surface area (Å²) in [4.78, 5) is 38.3. The minimum atomic E-state index is -0.455. The quantitative estimate of drug-likeness (QED) is 0.373. The average molecular weight is 468 g/mol. The standard InChI is InChI=1S/C29H29N3O3/c1-3-21(2)26(32-29(35)24-17-11-6-12-18-24)19-25(31-28(34)23-15-9-5-10-16-23)20-30-27(33)22-13-7-4-8-14-22/h4-18,20,26H,2-3,19H2,1H3,(H,30,33)(H,31,34)(H,32,35)/b25-20-/t26-/m0/s1. The van der Waals surface area contributed by atoms with Gasteiger partial charge in [0, 0.05) is 35.0 Å². The molecule has 1 atom stereocenters. The van der Waals surface area contributed by atoms with Crippen molar-refractivity contribution < 1.29 is 14.4 Å². The van der Waals surface area contributed by atoms with Crippen LogP contribution in [-0.2, 0) is 0 Å². The summed E-state index contributed by atoms with van der Waals surface area (Å²) in [5.74, 6) is -0.871. The minimum absolute atomic E-state index is 0.235. The molecule has 6 heteroatoms. The van der Waals surface area contributed by atoms with Crippen molar-refractivity contribution in [2.45, 2.75) is 25.8 Å². The van der Waals surface area contributed by atoms with Crippen molar-refractivity contribution >= 4 is 17.7 Å². The Morgan fingerprint density at radius 3 is 1.69 bits per heavy atom. The van der Waals surface area contributed by atoms with E-state index < -0.39 is 6.04 Å². The van der Waals surface area contributed by atoms with Crippen LogP contribution in [0.15, 0.2) is 115 Å². The third kappa shape index (κ3) is 7.54. The second kappa shape index (κ2) is 12.7. The van der Waals surface area contributed by atoms with Crippen LogP contribution in [0.2, 0.25) is 0 Å². The van der Waals surface area contributed by atoms with Gasteiger partial charge in [-0.1, -0.05) is 73.7 Å². The molecule has 6 nitrogen and oxygen atoms in total. The zero-order valence-corrected chi connectivity index (χ0v) is 19.7. The zero-order valence-electron chi connectivity index (χ0n) is 19.7. The Balaban J connectivity index is 1.83. The van der Waals surface area contributed by atoms with Crippen LogP contribution in [-0.4, -0.2) is 23.8 Å². The molecule has 0 fully saturated rings. The van der Waals surface area contributed by atoms with E-state index in [2.05, 4.69) is 22.5 Å². The molecule has 3 N–H and O–H groups in total. The monoisotopic (exact) mass is 467 g/mol. The maximum atomic E-state index is 12.9. The Hall–Kier alpha value is -4.45. The summed E-state index contributed by atoms with van der Waals surface area (Å²) in [5.41, 5.74) is 2.73. The van der Waals surface area contributed by atoms with Gasteiger partial charge in [0.25, 0.3) is 17.7 Å². The Morgan fingerprint density at radius 1 is 0.743 bits per heavy atom. The normalized spacial score (nSPS) is 11.7. The van der Waals surface area contributed by atoms with Crippen molar-refractivity contribution in [3.05, 3.63) is 132 Å². The fraction of sp³-hybridized carbons (Fsp3) is 0.138. The molecular formula is C29H29N3O3. The third-order valence-corrected chi connectivity index (χ3v) is 5.44. The number of hydrogen-bond donors (Lipinski definition) is 3. The fourth-order valence-corrected chi connectivity index (χ4v) is 3.37. The molecule has 35 heavy (non-hydrogen) atoms. The molecule has 0 radical (unpaired) electrons. The molecule has 3 aromatic rings. The first kappa shape index (κ1) is 25.2. The maximum Gasteiger partial charge on any atom is 0.255 e. The van der Waals surface area contributed by atoms with Gasteiger partial charge < -0.3 is 16.0 Å². The van der Waals surface area contributed by atoms with Crippen LogP contribution < -0.4 is 16.0 Å². The van der Waals surface area contributed by atoms with E-state index >= 15 is 0 Å². The molecule has 0 bridgehead atoms. The second-order valence-electron chi connectivity index (χ2n) is 7.94. The number of rotatable bonds is 10. The Morgan fingerprint density at radius 2 is 1.20 bits per heavy atom. The van der Waals surface area contributed by atoms with E-state index in [1.165, 1.54) is 6.20 Å². The Bertz CT molecular complexity index is 1190. The predicted molar refractivity (Wildman–Crippen MR) is 138 cm³/mol. The number of nitrogens with one attached hydrogen (secondary N) is 3. The van der Waals surface area contributed by atoms with Gasteiger partial charge in [-0.25, -0.2) is 0 Å². The number of carbonyl (C=O) groups excluding carboxylic acids is 3. The molecule has 0 aliphatic carbocycles. The van der Waals surface area contributed by atoms with Crippen molar-refractivity contribution in [3.8, 4) is 0 Å². The van der Waals surface area contributed by atoms with Crippen molar-refractivity contribution in [1.82, 2.24) is 16.0 Å². The molecular weight excluding hydrogens is 438 g/mol. The van der Waals surface area contributed by atoms with E-state index in [1.54, 1.807) is 72.8 Å². The van der Waals surface area contributed by atoms with Crippen LogP contribution in [0.1, 0.15) is 50.8 Å². The molecule has 3 amide bonds. The largest absolute Gasteiger partial charge is 0.345 e. The highest BCUT2D eigenvalue weighted by Crippen LogP contribution is 2.15. The predicted octanol–water partition coefficient (Wildman–Crippen LogP) is 4.84. The first-order valence-electron chi connectivity index (χ1n) is 11.4. The molecule has 0 saturated heterocycles. The van der Waals surface area contributed by atoms with Gasteiger partial charge >= 0.3 is 0 Å². The molecule has 0 spiro atoms. The molecule has 0 saturated carbocycles. The summed E-state index contributed by atoms with van der Waals surface area (Å²) in [5, 5.41) is 8.63. The molecule has 0 aliphatic rings. The van der Waals surface area contributed by atoms with E-state index in [0.717, 1.165) is 5.57 Å². The van der Waals surface area contributed by atoms with Crippen LogP contribution in [0.4, 0.5) is 0 Å². The highest BCUT2D eigenvalue weighted by atomic mass is 16.2. The van der Waals surface area contributed by atoms with E-state index in [0.29, 0.717) is 28.8 Å². The van der Waals surface area contributed by atoms with Crippen molar-refractivity contribution in [2.75, 3.05) is 0 Å². The number of carbonyl (C=O) groups is 3. The minimum Gasteiger partial charge on any atom is -0.345 e. The van der Waals surface area contributed by atoms with E-state index in [4.69, 9.17) is 0 Å². The van der Waals surface area contributed by atoms with Crippen LogP contribution in [0.3, 0.4) is 0 Å². The number of benzene rings is 3. The summed E-state index contributed by atoms with van der Waals surface area (Å²) in [7, 11) is 0. The van der Waals surface area contributed by atoms with E-state index in [1.807, 2.05) is 25.1 Å². The topological polar surface area (TPSA) is 87.3 Å². The lowest BCUT2D eigenvalue weighted by atomic mass is 10.0. The highest BCUT2D eigenvalue weighted by molar-refractivity contribution is 5.96. The SMILES string of the molecule is C=C(CC)[C@H](C/C(=C/NC(=O)c1ccccc1)NC(=O)c1ccccc1)NC(=O)c1ccccc1. The fourth-order valence-electron chi connectivity index (χ4n) is 3.37. The molecule has 178 valence electrons. The lowest BCUT2D eigenvalue weighted by molar-refractivity contribution is 0.0936. The van der Waals surface area contributed by atoms with E-state index in [9.17, 15) is 14.4 Å². The van der Waals surface area contributed by atoms with Gasteiger partial charge in [0.05, 0.1) is 6.04 Å². The average Bonchev–Trinajstić information content (AvgIpc) is 2.91. The first-order valence-corrected chi connectivity index (χ1v) is 11.4. The molecule has 0 unspecified atom stereocenters. The molecule has 3 rings (SSSR count). The van der Waals surface area contributed by atoms with Gasteiger partial charge in [0.1, 0.15) is 0 Å². The highest BCUT2D eigenvalue weighted by Gasteiger charge is 2.19. The van der Waals surface area contributed by atoms with E-state index in [-0.39, 0.29) is 24.1 Å². The van der Waals surface area contributed by atoms with Crippen molar-refractivity contribution in [3.63, 3.8) is 0 Å². The van der Waals surface area contributed by atoms with Crippen molar-refractivity contribution in [1.29, 1.82) is 0 Å². The Labute approximate surface area is 205 Å². The van der Waals surface area contributed by atoms with Gasteiger partial charge in [-0.3, -0.25) is 14.4 Å². The number of hydrogen-bond acceptors (Lipinski definition) is 3. The first-order chi connectivity index (χ1) is 17.0. The second-order valence-corrected chi connectivity index (χ2v) is 7.94. The van der Waals surface area contributed by atoms with Gasteiger partial charge in [-0.2, -0.15) is 0 Å². The molecule has 0 aromatic heterocycles. The zero-order chi connectivity index (χ0) is 25.0. The van der Waals surface area contributed by atoms with Gasteiger partial charge in [0.2, 0.25) is 0 Å². The van der Waals surface area contributed by atoms with Crippen LogP contribution >= 0.6 is 0 Å². The summed E-state index contributed by atoms with van der Waals surface area (Å²) >= 11 is 0. The Kier molecular flexibility index (Phi) is 9.14. The number of amides is 3. The summed E-state index contributed by atoms with van der Waals surface area (Å²) in [6, 6.07) is 26.0. The summed E-state index contributed by atoms with van der Waals surface area (Å²) in [6.45, 7) is 6.06. The van der Waals surface area contributed by atoms with Crippen LogP contribution in [0, 0.1) is 0 Å². The van der Waals surface area contributed by atoms with Crippen molar-refractivity contribution in [2.24, 2.45) is 0 Å². The summed E-state index contributed by atoms with van der Waals surface area (Å²) < 4.78 is 0. The van der Waals surface area contributed by atoms with Crippen LogP contribution in [0.25, 0.3) is 0 Å². The molecule has 0 heterocycles. The third-order valence-electron chi connectivity index (χ3n) is 5.44.